The molecule has 2 aromatic heterocycles. The molecule has 3 rings (SSSR count). The number of fused-ring (bicyclic) bond motifs is 3. The lowest BCUT2D eigenvalue weighted by atomic mass is 10.2. The van der Waals surface area contributed by atoms with Crippen molar-refractivity contribution in [3.05, 3.63) is 35.2 Å². The lowest BCUT2D eigenvalue weighted by Crippen LogP contribution is -2.15. The molecule has 2 heterocycles. The van der Waals surface area contributed by atoms with Gasteiger partial charge in [0.2, 0.25) is 0 Å². The zero-order valence-corrected chi connectivity index (χ0v) is 12.6. The van der Waals surface area contributed by atoms with Gasteiger partial charge in [0, 0.05) is 11.9 Å². The molecular formula is C15H18N4S. The van der Waals surface area contributed by atoms with Gasteiger partial charge in [-0.2, -0.15) is 0 Å². The fraction of sp³-hybridized carbons (Fsp3) is 0.333. The Morgan fingerprint density at radius 1 is 1.30 bits per heavy atom. The largest absolute Gasteiger partial charge is 0.329 e. The molecule has 0 saturated heterocycles. The Morgan fingerprint density at radius 3 is 2.90 bits per heavy atom. The van der Waals surface area contributed by atoms with Crippen molar-refractivity contribution >= 4 is 34.2 Å². The van der Waals surface area contributed by atoms with E-state index < -0.39 is 0 Å². The summed E-state index contributed by atoms with van der Waals surface area (Å²) in [5.74, 6) is 0. The molecule has 5 heteroatoms. The second-order valence-electron chi connectivity index (χ2n) is 5.28. The van der Waals surface area contributed by atoms with Crippen LogP contribution in [0.5, 0.6) is 0 Å². The zero-order valence-electron chi connectivity index (χ0n) is 11.8. The molecule has 104 valence electrons. The normalized spacial score (nSPS) is 11.8. The molecular weight excluding hydrogens is 268 g/mol. The second kappa shape index (κ2) is 5.34. The highest BCUT2D eigenvalue weighted by Crippen LogP contribution is 2.23. The quantitative estimate of drug-likeness (QED) is 0.748. The smallest absolute Gasteiger partial charge is 0.178 e. The number of hydrogen-bond acceptors (Lipinski definition) is 3. The Hall–Kier alpha value is -1.72. The first kappa shape index (κ1) is 13.3. The number of nitrogens with zero attached hydrogens (tertiary/aromatic N) is 3. The molecule has 0 spiro atoms. The Labute approximate surface area is 123 Å². The Morgan fingerprint density at radius 2 is 2.10 bits per heavy atom. The number of rotatable bonds is 4. The van der Waals surface area contributed by atoms with Crippen molar-refractivity contribution in [1.82, 2.24) is 19.4 Å². The molecule has 0 saturated carbocycles. The van der Waals surface area contributed by atoms with Gasteiger partial charge in [-0.3, -0.25) is 4.98 Å². The zero-order chi connectivity index (χ0) is 14.1. The van der Waals surface area contributed by atoms with Crippen LogP contribution in [0, 0.1) is 4.77 Å². The van der Waals surface area contributed by atoms with Crippen LogP contribution in [0.3, 0.4) is 0 Å². The molecule has 0 fully saturated rings. The van der Waals surface area contributed by atoms with Crippen LogP contribution in [-0.2, 0) is 6.54 Å². The highest BCUT2D eigenvalue weighted by molar-refractivity contribution is 7.71. The van der Waals surface area contributed by atoms with Crippen LogP contribution in [0.4, 0.5) is 0 Å². The van der Waals surface area contributed by atoms with Crippen LogP contribution in [0.2, 0.25) is 0 Å². The van der Waals surface area contributed by atoms with E-state index in [1.165, 1.54) is 5.52 Å². The maximum absolute atomic E-state index is 5.46. The molecule has 1 N–H and O–H groups in total. The molecule has 3 aromatic rings. The second-order valence-corrected chi connectivity index (χ2v) is 5.66. The van der Waals surface area contributed by atoms with Gasteiger partial charge in [0.1, 0.15) is 0 Å². The Kier molecular flexibility index (Phi) is 3.54. The summed E-state index contributed by atoms with van der Waals surface area (Å²) in [6.45, 7) is 1.97. The summed E-state index contributed by atoms with van der Waals surface area (Å²) in [5, 5.41) is 1.15. The van der Waals surface area contributed by atoms with Gasteiger partial charge in [-0.25, -0.2) is 0 Å². The number of aromatic nitrogens is 3. The fourth-order valence-corrected chi connectivity index (χ4v) is 2.84. The minimum absolute atomic E-state index is 0.775. The van der Waals surface area contributed by atoms with Gasteiger partial charge < -0.3 is 14.5 Å². The number of benzene rings is 1. The summed E-state index contributed by atoms with van der Waals surface area (Å²) in [7, 11) is 4.18. The van der Waals surface area contributed by atoms with E-state index in [0.29, 0.717) is 0 Å². The van der Waals surface area contributed by atoms with Gasteiger partial charge >= 0.3 is 0 Å². The van der Waals surface area contributed by atoms with Crippen LogP contribution >= 0.6 is 12.2 Å². The van der Waals surface area contributed by atoms with Crippen LogP contribution in [0.1, 0.15) is 6.42 Å². The van der Waals surface area contributed by atoms with Gasteiger partial charge in [0.05, 0.1) is 22.7 Å². The summed E-state index contributed by atoms with van der Waals surface area (Å²) in [6.07, 6.45) is 2.95. The third kappa shape index (κ3) is 2.34. The number of imidazole rings is 1. The lowest BCUT2D eigenvalue weighted by Gasteiger charge is -2.10. The summed E-state index contributed by atoms with van der Waals surface area (Å²) < 4.78 is 2.97. The van der Waals surface area contributed by atoms with Gasteiger partial charge in [0.15, 0.2) is 4.77 Å². The standard InChI is InChI=1S/C15H18N4S/c1-18(2)8-5-9-19-14-11-6-3-4-7-12(11)16-10-13(14)17-15(19)20/h3-4,6-7,10H,5,8-9H2,1-2H3,(H,17,20). The molecule has 0 unspecified atom stereocenters. The molecule has 1 aromatic carbocycles. The van der Waals surface area contributed by atoms with E-state index in [4.69, 9.17) is 12.2 Å². The molecule has 0 aliphatic carbocycles. The molecule has 0 radical (unpaired) electrons. The van der Waals surface area contributed by atoms with E-state index in [1.807, 2.05) is 24.4 Å². The van der Waals surface area contributed by atoms with Gasteiger partial charge in [-0.05, 0) is 45.3 Å². The summed E-state index contributed by atoms with van der Waals surface area (Å²) >= 11 is 5.46. The van der Waals surface area contributed by atoms with E-state index in [1.54, 1.807) is 0 Å². The van der Waals surface area contributed by atoms with E-state index in [0.717, 1.165) is 40.7 Å². The van der Waals surface area contributed by atoms with Crippen LogP contribution < -0.4 is 0 Å². The average Bonchev–Trinajstić information content (AvgIpc) is 2.75. The SMILES string of the molecule is CN(C)CCCn1c(=S)[nH]c2cnc3ccccc3c21. The number of pyridine rings is 1. The molecule has 0 bridgehead atoms. The van der Waals surface area contributed by atoms with Gasteiger partial charge in [-0.1, -0.05) is 18.2 Å². The number of hydrogen-bond donors (Lipinski definition) is 1. The van der Waals surface area contributed by atoms with E-state index in [9.17, 15) is 0 Å². The first-order valence-electron chi connectivity index (χ1n) is 6.78. The molecule has 0 amide bonds. The van der Waals surface area contributed by atoms with E-state index in [2.05, 4.69) is 39.6 Å². The summed E-state index contributed by atoms with van der Waals surface area (Å²) in [4.78, 5) is 9.92. The third-order valence-corrected chi connectivity index (χ3v) is 3.81. The maximum Gasteiger partial charge on any atom is 0.178 e. The molecule has 20 heavy (non-hydrogen) atoms. The van der Waals surface area contributed by atoms with Gasteiger partial charge in [-0.15, -0.1) is 0 Å². The summed E-state index contributed by atoms with van der Waals surface area (Å²) in [5.41, 5.74) is 3.19. The topological polar surface area (TPSA) is 36.9 Å². The number of H-pyrrole nitrogens is 1. The van der Waals surface area contributed by atoms with Crippen molar-refractivity contribution in [3.8, 4) is 0 Å². The Balaban J connectivity index is 2.12. The Bertz CT molecular complexity index is 800. The number of nitrogens with one attached hydrogen (secondary N) is 1. The van der Waals surface area contributed by atoms with Crippen LogP contribution in [0.25, 0.3) is 21.9 Å². The minimum atomic E-state index is 0.775. The highest BCUT2D eigenvalue weighted by atomic mass is 32.1. The predicted molar refractivity (Wildman–Crippen MR) is 85.6 cm³/mol. The van der Waals surface area contributed by atoms with Gasteiger partial charge in [0.25, 0.3) is 0 Å². The van der Waals surface area contributed by atoms with Crippen molar-refractivity contribution in [2.45, 2.75) is 13.0 Å². The van der Waals surface area contributed by atoms with Crippen molar-refractivity contribution in [2.24, 2.45) is 0 Å². The third-order valence-electron chi connectivity index (χ3n) is 3.49. The summed E-state index contributed by atoms with van der Waals surface area (Å²) in [6, 6.07) is 8.20. The fourth-order valence-electron chi connectivity index (χ4n) is 2.55. The highest BCUT2D eigenvalue weighted by Gasteiger charge is 2.09. The molecule has 0 atom stereocenters. The van der Waals surface area contributed by atoms with E-state index >= 15 is 0 Å². The molecule has 0 aliphatic heterocycles. The molecule has 4 nitrogen and oxygen atoms in total. The maximum atomic E-state index is 5.46. The minimum Gasteiger partial charge on any atom is -0.329 e. The monoisotopic (exact) mass is 286 g/mol. The first-order valence-corrected chi connectivity index (χ1v) is 7.18. The van der Waals surface area contributed by atoms with E-state index in [-0.39, 0.29) is 0 Å². The van der Waals surface area contributed by atoms with Crippen LogP contribution in [-0.4, -0.2) is 40.1 Å². The number of para-hydroxylation sites is 1. The van der Waals surface area contributed by atoms with Crippen molar-refractivity contribution in [1.29, 1.82) is 0 Å². The van der Waals surface area contributed by atoms with Crippen molar-refractivity contribution < 1.29 is 0 Å². The van der Waals surface area contributed by atoms with Crippen molar-refractivity contribution in [3.63, 3.8) is 0 Å². The lowest BCUT2D eigenvalue weighted by molar-refractivity contribution is 0.387. The number of aromatic amines is 1. The van der Waals surface area contributed by atoms with Crippen molar-refractivity contribution in [2.75, 3.05) is 20.6 Å². The first-order chi connectivity index (χ1) is 9.66. The number of aryl methyl sites for hydroxylation is 1. The van der Waals surface area contributed by atoms with Crippen LogP contribution in [0.15, 0.2) is 30.5 Å². The molecule has 0 aliphatic rings. The average molecular weight is 286 g/mol. The predicted octanol–water partition coefficient (Wildman–Crippen LogP) is 3.20.